The van der Waals surface area contributed by atoms with Crippen molar-refractivity contribution in [1.82, 2.24) is 5.32 Å². The Kier molecular flexibility index (Phi) is 6.03. The lowest BCUT2D eigenvalue weighted by Crippen LogP contribution is -2.32. The first-order valence-corrected chi connectivity index (χ1v) is 6.98. The van der Waals surface area contributed by atoms with E-state index >= 15 is 0 Å². The van der Waals surface area contributed by atoms with Gasteiger partial charge in [-0.1, -0.05) is 11.8 Å². The topological polar surface area (TPSA) is 38.3 Å². The number of benzene rings is 1. The van der Waals surface area contributed by atoms with Gasteiger partial charge in [-0.3, -0.25) is 0 Å². The van der Waals surface area contributed by atoms with Crippen LogP contribution in [0.4, 0.5) is 9.18 Å². The monoisotopic (exact) mass is 341 g/mol. The van der Waals surface area contributed by atoms with Crippen molar-refractivity contribution >= 4 is 22.0 Å². The maximum Gasteiger partial charge on any atom is 0.407 e. The molecule has 0 atom stereocenters. The summed E-state index contributed by atoms with van der Waals surface area (Å²) in [7, 11) is 0. The van der Waals surface area contributed by atoms with Gasteiger partial charge in [-0.25, -0.2) is 9.18 Å². The van der Waals surface area contributed by atoms with Crippen LogP contribution in [0.15, 0.2) is 22.7 Å². The van der Waals surface area contributed by atoms with Gasteiger partial charge in [0.2, 0.25) is 0 Å². The lowest BCUT2D eigenvalue weighted by molar-refractivity contribution is 0.0529. The van der Waals surface area contributed by atoms with Crippen molar-refractivity contribution in [3.8, 4) is 11.8 Å². The molecule has 0 aromatic heterocycles. The minimum Gasteiger partial charge on any atom is -0.444 e. The maximum absolute atomic E-state index is 13.0. The molecule has 3 nitrogen and oxygen atoms in total. The first kappa shape index (κ1) is 16.5. The van der Waals surface area contributed by atoms with Gasteiger partial charge < -0.3 is 10.1 Å². The standard InChI is InChI=1S/C15H17BrFNO2/c1-15(2,3)20-14(19)18-9-5-4-6-11-7-8-13(17)12(16)10-11/h7-8,10H,5,9H2,1-3H3,(H,18,19). The fourth-order valence-electron chi connectivity index (χ4n) is 1.28. The summed E-state index contributed by atoms with van der Waals surface area (Å²) in [5.74, 6) is 5.48. The van der Waals surface area contributed by atoms with Crippen molar-refractivity contribution in [2.75, 3.05) is 6.54 Å². The Hall–Kier alpha value is -1.54. The van der Waals surface area contributed by atoms with E-state index in [9.17, 15) is 9.18 Å². The van der Waals surface area contributed by atoms with Gasteiger partial charge >= 0.3 is 6.09 Å². The zero-order valence-corrected chi connectivity index (χ0v) is 13.3. The number of amides is 1. The molecule has 0 spiro atoms. The third kappa shape index (κ3) is 6.58. The van der Waals surface area contributed by atoms with E-state index in [-0.39, 0.29) is 5.82 Å². The summed E-state index contributed by atoms with van der Waals surface area (Å²) in [5, 5.41) is 2.61. The fourth-order valence-corrected chi connectivity index (χ4v) is 1.66. The number of halogens is 2. The van der Waals surface area contributed by atoms with Gasteiger partial charge in [-0.05, 0) is 54.9 Å². The molecule has 0 saturated carbocycles. The molecule has 1 N–H and O–H groups in total. The van der Waals surface area contributed by atoms with Gasteiger partial charge in [0.05, 0.1) is 4.47 Å². The molecule has 0 aliphatic rings. The highest BCUT2D eigenvalue weighted by Gasteiger charge is 2.15. The van der Waals surface area contributed by atoms with Crippen LogP contribution in [0, 0.1) is 17.7 Å². The Morgan fingerprint density at radius 3 is 2.75 bits per heavy atom. The van der Waals surface area contributed by atoms with Gasteiger partial charge in [0.15, 0.2) is 0 Å². The van der Waals surface area contributed by atoms with Crippen molar-refractivity contribution in [2.24, 2.45) is 0 Å². The second-order valence-electron chi connectivity index (χ2n) is 5.11. The molecule has 0 fully saturated rings. The Labute approximate surface area is 127 Å². The van der Waals surface area contributed by atoms with Crippen LogP contribution in [-0.4, -0.2) is 18.2 Å². The highest BCUT2D eigenvalue weighted by atomic mass is 79.9. The molecule has 108 valence electrons. The molecular formula is C15H17BrFNO2. The van der Waals surface area contributed by atoms with Crippen LogP contribution < -0.4 is 5.32 Å². The molecule has 5 heteroatoms. The number of alkyl carbamates (subject to hydrolysis) is 1. The van der Waals surface area contributed by atoms with Crippen LogP contribution in [0.2, 0.25) is 0 Å². The molecule has 1 rings (SSSR count). The Morgan fingerprint density at radius 1 is 1.45 bits per heavy atom. The van der Waals surface area contributed by atoms with E-state index in [0.717, 1.165) is 5.56 Å². The highest BCUT2D eigenvalue weighted by molar-refractivity contribution is 9.10. The number of rotatable bonds is 2. The normalized spacial score (nSPS) is 10.4. The van der Waals surface area contributed by atoms with Crippen molar-refractivity contribution in [3.05, 3.63) is 34.1 Å². The molecule has 0 aliphatic carbocycles. The van der Waals surface area contributed by atoms with E-state index in [1.165, 1.54) is 6.07 Å². The molecule has 0 unspecified atom stereocenters. The predicted molar refractivity (Wildman–Crippen MR) is 79.8 cm³/mol. The molecule has 1 aromatic rings. The van der Waals surface area contributed by atoms with Crippen molar-refractivity contribution in [1.29, 1.82) is 0 Å². The van der Waals surface area contributed by atoms with Gasteiger partial charge in [-0.2, -0.15) is 0 Å². The third-order valence-electron chi connectivity index (χ3n) is 2.07. The van der Waals surface area contributed by atoms with Crippen LogP contribution in [0.5, 0.6) is 0 Å². The number of hydrogen-bond donors (Lipinski definition) is 1. The third-order valence-corrected chi connectivity index (χ3v) is 2.68. The van der Waals surface area contributed by atoms with Gasteiger partial charge in [0.25, 0.3) is 0 Å². The van der Waals surface area contributed by atoms with Crippen LogP contribution in [0.1, 0.15) is 32.8 Å². The molecule has 1 aromatic carbocycles. The molecule has 0 aliphatic heterocycles. The summed E-state index contributed by atoms with van der Waals surface area (Å²) < 4.78 is 18.5. The average molecular weight is 342 g/mol. The molecule has 0 heterocycles. The quantitative estimate of drug-likeness (QED) is 0.655. The summed E-state index contributed by atoms with van der Waals surface area (Å²) in [6, 6.07) is 4.57. The second-order valence-corrected chi connectivity index (χ2v) is 5.96. The van der Waals surface area contributed by atoms with Crippen molar-refractivity contribution in [2.45, 2.75) is 32.8 Å². The minimum absolute atomic E-state index is 0.317. The average Bonchev–Trinajstić information content (AvgIpc) is 2.31. The Bertz CT molecular complexity index is 541. The lowest BCUT2D eigenvalue weighted by atomic mass is 10.2. The van der Waals surface area contributed by atoms with E-state index in [1.54, 1.807) is 32.9 Å². The molecule has 0 bridgehead atoms. The van der Waals surface area contributed by atoms with Crippen LogP contribution in [-0.2, 0) is 4.74 Å². The number of nitrogens with one attached hydrogen (secondary N) is 1. The maximum atomic E-state index is 13.0. The summed E-state index contributed by atoms with van der Waals surface area (Å²) in [6.45, 7) is 5.82. The van der Waals surface area contributed by atoms with E-state index in [2.05, 4.69) is 33.1 Å². The molecule has 1 amide bonds. The summed E-state index contributed by atoms with van der Waals surface area (Å²) in [5.41, 5.74) is 0.214. The Balaban J connectivity index is 2.36. The SMILES string of the molecule is CC(C)(C)OC(=O)NCCC#Cc1ccc(F)c(Br)c1. The number of carbonyl (C=O) groups excluding carboxylic acids is 1. The zero-order valence-electron chi connectivity index (χ0n) is 11.7. The number of hydrogen-bond acceptors (Lipinski definition) is 2. The number of ether oxygens (including phenoxy) is 1. The smallest absolute Gasteiger partial charge is 0.407 e. The van der Waals surface area contributed by atoms with Crippen molar-refractivity contribution < 1.29 is 13.9 Å². The predicted octanol–water partition coefficient (Wildman–Crippen LogP) is 3.85. The first-order valence-electron chi connectivity index (χ1n) is 6.19. The second kappa shape index (κ2) is 7.30. The van der Waals surface area contributed by atoms with E-state index < -0.39 is 11.7 Å². The molecular weight excluding hydrogens is 325 g/mol. The van der Waals surface area contributed by atoms with Gasteiger partial charge in [0.1, 0.15) is 11.4 Å². The molecule has 20 heavy (non-hydrogen) atoms. The number of carbonyl (C=O) groups is 1. The summed E-state index contributed by atoms with van der Waals surface area (Å²) in [4.78, 5) is 11.3. The summed E-state index contributed by atoms with van der Waals surface area (Å²) >= 11 is 3.10. The molecule has 0 radical (unpaired) electrons. The first-order chi connectivity index (χ1) is 9.28. The lowest BCUT2D eigenvalue weighted by Gasteiger charge is -2.19. The fraction of sp³-hybridized carbons (Fsp3) is 0.400. The molecule has 0 saturated heterocycles. The van der Waals surface area contributed by atoms with Crippen LogP contribution in [0.25, 0.3) is 0 Å². The van der Waals surface area contributed by atoms with Crippen molar-refractivity contribution in [3.63, 3.8) is 0 Å². The minimum atomic E-state index is -0.504. The van der Waals surface area contributed by atoms with E-state index in [1.807, 2.05) is 0 Å². The highest BCUT2D eigenvalue weighted by Crippen LogP contribution is 2.16. The van der Waals surface area contributed by atoms with E-state index in [0.29, 0.717) is 17.4 Å². The zero-order chi connectivity index (χ0) is 15.2. The largest absolute Gasteiger partial charge is 0.444 e. The van der Waals surface area contributed by atoms with Gasteiger partial charge in [0, 0.05) is 18.5 Å². The summed E-state index contributed by atoms with van der Waals surface area (Å²) in [6.07, 6.45) is 0.0395. The van der Waals surface area contributed by atoms with Gasteiger partial charge in [-0.15, -0.1) is 0 Å². The van der Waals surface area contributed by atoms with E-state index in [4.69, 9.17) is 4.74 Å². The van der Waals surface area contributed by atoms with Crippen LogP contribution in [0.3, 0.4) is 0 Å². The Morgan fingerprint density at radius 2 is 2.15 bits per heavy atom. The van der Waals surface area contributed by atoms with Crippen LogP contribution >= 0.6 is 15.9 Å².